The van der Waals surface area contributed by atoms with Gasteiger partial charge in [0.2, 0.25) is 0 Å². The Bertz CT molecular complexity index is 845. The Kier molecular flexibility index (Phi) is 3.49. The third-order valence-corrected chi connectivity index (χ3v) is 4.08. The minimum atomic E-state index is -0.872. The number of nitrogens with zero attached hydrogens (tertiary/aromatic N) is 1. The Hall–Kier alpha value is -2.55. The Morgan fingerprint density at radius 2 is 1.73 bits per heavy atom. The summed E-state index contributed by atoms with van der Waals surface area (Å²) >= 11 is 0. The van der Waals surface area contributed by atoms with Crippen LogP contribution in [0.5, 0.6) is 0 Å². The predicted molar refractivity (Wildman–Crippen MR) is 89.5 cm³/mol. The van der Waals surface area contributed by atoms with Crippen LogP contribution in [0.4, 0.5) is 0 Å². The SMILES string of the molecule is Cc1c(C(=O)O)n(C(C)C)c2ccc(-c3ccccc3)cc12. The van der Waals surface area contributed by atoms with Crippen LogP contribution in [0.25, 0.3) is 22.0 Å². The molecule has 22 heavy (non-hydrogen) atoms. The largest absolute Gasteiger partial charge is 0.477 e. The first-order valence-electron chi connectivity index (χ1n) is 7.44. The summed E-state index contributed by atoms with van der Waals surface area (Å²) in [6, 6.07) is 16.4. The first-order chi connectivity index (χ1) is 10.5. The van der Waals surface area contributed by atoms with Gasteiger partial charge >= 0.3 is 5.97 Å². The predicted octanol–water partition coefficient (Wildman–Crippen LogP) is 4.90. The van der Waals surface area contributed by atoms with E-state index in [-0.39, 0.29) is 6.04 Å². The zero-order chi connectivity index (χ0) is 15.9. The fourth-order valence-corrected chi connectivity index (χ4v) is 3.09. The molecule has 1 N–H and O–H groups in total. The fourth-order valence-electron chi connectivity index (χ4n) is 3.09. The maximum Gasteiger partial charge on any atom is 0.352 e. The van der Waals surface area contributed by atoms with Crippen molar-refractivity contribution in [3.63, 3.8) is 0 Å². The number of aromatic nitrogens is 1. The van der Waals surface area contributed by atoms with Gasteiger partial charge in [-0.1, -0.05) is 36.4 Å². The molecule has 0 radical (unpaired) electrons. The van der Waals surface area contributed by atoms with Gasteiger partial charge in [-0.3, -0.25) is 0 Å². The van der Waals surface area contributed by atoms with Gasteiger partial charge in [0, 0.05) is 16.9 Å². The smallest absolute Gasteiger partial charge is 0.352 e. The van der Waals surface area contributed by atoms with Crippen molar-refractivity contribution in [2.75, 3.05) is 0 Å². The fraction of sp³-hybridized carbons (Fsp3) is 0.211. The topological polar surface area (TPSA) is 42.2 Å². The molecule has 0 fully saturated rings. The minimum Gasteiger partial charge on any atom is -0.477 e. The van der Waals surface area contributed by atoms with Crippen LogP contribution in [0.2, 0.25) is 0 Å². The molecule has 3 heteroatoms. The van der Waals surface area contributed by atoms with Gasteiger partial charge in [-0.2, -0.15) is 0 Å². The van der Waals surface area contributed by atoms with Crippen molar-refractivity contribution in [3.8, 4) is 11.1 Å². The van der Waals surface area contributed by atoms with Crippen molar-refractivity contribution >= 4 is 16.9 Å². The van der Waals surface area contributed by atoms with E-state index in [4.69, 9.17) is 0 Å². The summed E-state index contributed by atoms with van der Waals surface area (Å²) in [5.41, 5.74) is 4.43. The number of hydrogen-bond donors (Lipinski definition) is 1. The molecule has 0 atom stereocenters. The molecule has 0 spiro atoms. The molecule has 112 valence electrons. The van der Waals surface area contributed by atoms with Crippen molar-refractivity contribution in [2.45, 2.75) is 26.8 Å². The highest BCUT2D eigenvalue weighted by Gasteiger charge is 2.21. The first-order valence-corrected chi connectivity index (χ1v) is 7.44. The standard InChI is InChI=1S/C19H19NO2/c1-12(2)20-17-10-9-15(14-7-5-4-6-8-14)11-16(17)13(3)18(20)19(21)22/h4-12H,1-3H3,(H,21,22). The number of rotatable bonds is 3. The van der Waals surface area contributed by atoms with Crippen LogP contribution >= 0.6 is 0 Å². The summed E-state index contributed by atoms with van der Waals surface area (Å²) in [6.07, 6.45) is 0. The molecular formula is C19H19NO2. The molecule has 0 unspecified atom stereocenters. The maximum absolute atomic E-state index is 11.7. The van der Waals surface area contributed by atoms with Gasteiger partial charge in [-0.15, -0.1) is 0 Å². The van der Waals surface area contributed by atoms with Gasteiger partial charge < -0.3 is 9.67 Å². The number of hydrogen-bond acceptors (Lipinski definition) is 1. The number of carboxylic acid groups (broad SMARTS) is 1. The van der Waals surface area contributed by atoms with E-state index in [9.17, 15) is 9.90 Å². The van der Waals surface area contributed by atoms with Gasteiger partial charge in [0.05, 0.1) is 0 Å². The molecule has 1 aromatic heterocycles. The molecule has 0 aliphatic rings. The zero-order valence-electron chi connectivity index (χ0n) is 13.0. The molecule has 3 aromatic rings. The summed E-state index contributed by atoms with van der Waals surface area (Å²) in [5, 5.41) is 10.6. The second-order valence-electron chi connectivity index (χ2n) is 5.84. The molecule has 0 bridgehead atoms. The second kappa shape index (κ2) is 5.34. The summed E-state index contributed by atoms with van der Waals surface area (Å²) < 4.78 is 1.90. The molecule has 0 amide bonds. The summed E-state index contributed by atoms with van der Waals surface area (Å²) in [7, 11) is 0. The van der Waals surface area contributed by atoms with Gasteiger partial charge in [-0.25, -0.2) is 4.79 Å². The zero-order valence-corrected chi connectivity index (χ0v) is 13.0. The lowest BCUT2D eigenvalue weighted by Crippen LogP contribution is -2.11. The van der Waals surface area contributed by atoms with Crippen molar-refractivity contribution < 1.29 is 9.90 Å². The van der Waals surface area contributed by atoms with Gasteiger partial charge in [0.15, 0.2) is 0 Å². The highest BCUT2D eigenvalue weighted by Crippen LogP contribution is 2.32. The highest BCUT2D eigenvalue weighted by atomic mass is 16.4. The molecule has 3 rings (SSSR count). The van der Waals surface area contributed by atoms with Crippen LogP contribution in [-0.4, -0.2) is 15.6 Å². The second-order valence-corrected chi connectivity index (χ2v) is 5.84. The number of fused-ring (bicyclic) bond motifs is 1. The Labute approximate surface area is 129 Å². The third kappa shape index (κ3) is 2.19. The molecule has 1 heterocycles. The number of benzene rings is 2. The lowest BCUT2D eigenvalue weighted by Gasteiger charge is -2.12. The molecule has 3 nitrogen and oxygen atoms in total. The Morgan fingerprint density at radius 1 is 1.05 bits per heavy atom. The number of carboxylic acids is 1. The van der Waals surface area contributed by atoms with E-state index in [0.717, 1.165) is 27.6 Å². The molecule has 0 aliphatic heterocycles. The average Bonchev–Trinajstić information content (AvgIpc) is 2.81. The first kappa shape index (κ1) is 14.4. The molecule has 0 aliphatic carbocycles. The minimum absolute atomic E-state index is 0.102. The van der Waals surface area contributed by atoms with Gasteiger partial charge in [-0.05, 0) is 49.6 Å². The molecular weight excluding hydrogens is 274 g/mol. The van der Waals surface area contributed by atoms with Crippen molar-refractivity contribution in [3.05, 3.63) is 59.8 Å². The average molecular weight is 293 g/mol. The Balaban J connectivity index is 2.30. The lowest BCUT2D eigenvalue weighted by atomic mass is 10.0. The van der Waals surface area contributed by atoms with E-state index in [1.807, 2.05) is 49.6 Å². The number of aryl methyl sites for hydroxylation is 1. The van der Waals surface area contributed by atoms with E-state index >= 15 is 0 Å². The van der Waals surface area contributed by atoms with Crippen molar-refractivity contribution in [2.24, 2.45) is 0 Å². The van der Waals surface area contributed by atoms with Gasteiger partial charge in [0.1, 0.15) is 5.69 Å². The molecule has 0 saturated heterocycles. The lowest BCUT2D eigenvalue weighted by molar-refractivity contribution is 0.0683. The summed E-state index contributed by atoms with van der Waals surface area (Å²) in [4.78, 5) is 11.7. The monoisotopic (exact) mass is 293 g/mol. The highest BCUT2D eigenvalue weighted by molar-refractivity contribution is 5.99. The van der Waals surface area contributed by atoms with E-state index in [2.05, 4.69) is 24.3 Å². The normalized spacial score (nSPS) is 11.3. The van der Waals surface area contributed by atoms with Crippen LogP contribution in [0, 0.1) is 6.92 Å². The van der Waals surface area contributed by atoms with Crippen LogP contribution in [0.1, 0.15) is 35.9 Å². The third-order valence-electron chi connectivity index (χ3n) is 4.08. The molecule has 2 aromatic carbocycles. The summed E-state index contributed by atoms with van der Waals surface area (Å²) in [5.74, 6) is -0.872. The van der Waals surface area contributed by atoms with Crippen molar-refractivity contribution in [1.29, 1.82) is 0 Å². The maximum atomic E-state index is 11.7. The van der Waals surface area contributed by atoms with Crippen LogP contribution in [0.3, 0.4) is 0 Å². The van der Waals surface area contributed by atoms with E-state index in [1.54, 1.807) is 0 Å². The quantitative estimate of drug-likeness (QED) is 0.746. The number of aromatic carboxylic acids is 1. The van der Waals surface area contributed by atoms with Crippen LogP contribution < -0.4 is 0 Å². The van der Waals surface area contributed by atoms with Crippen LogP contribution in [-0.2, 0) is 0 Å². The van der Waals surface area contributed by atoms with E-state index < -0.39 is 5.97 Å². The van der Waals surface area contributed by atoms with E-state index in [0.29, 0.717) is 5.69 Å². The van der Waals surface area contributed by atoms with Gasteiger partial charge in [0.25, 0.3) is 0 Å². The number of carbonyl (C=O) groups is 1. The van der Waals surface area contributed by atoms with Crippen molar-refractivity contribution in [1.82, 2.24) is 4.57 Å². The molecule has 0 saturated carbocycles. The van der Waals surface area contributed by atoms with Crippen LogP contribution in [0.15, 0.2) is 48.5 Å². The van der Waals surface area contributed by atoms with E-state index in [1.165, 1.54) is 0 Å². The summed E-state index contributed by atoms with van der Waals surface area (Å²) in [6.45, 7) is 5.91. The Morgan fingerprint density at radius 3 is 2.32 bits per heavy atom.